The molecule has 1 aromatic heterocycles. The third kappa shape index (κ3) is 1.66. The van der Waals surface area contributed by atoms with Crippen LogP contribution in [0, 0.1) is 0 Å². The second-order valence-corrected chi connectivity index (χ2v) is 4.13. The molecule has 3 rings (SSSR count). The molecule has 1 aromatic rings. The van der Waals surface area contributed by atoms with E-state index in [-0.39, 0.29) is 6.10 Å². The van der Waals surface area contributed by atoms with Crippen molar-refractivity contribution >= 4 is 0 Å². The zero-order valence-corrected chi connectivity index (χ0v) is 8.78. The van der Waals surface area contributed by atoms with Gasteiger partial charge in [0, 0.05) is 32.7 Å². The highest BCUT2D eigenvalue weighted by Gasteiger charge is 2.25. The van der Waals surface area contributed by atoms with Crippen LogP contribution in [0.25, 0.3) is 0 Å². The highest BCUT2D eigenvalue weighted by molar-refractivity contribution is 5.02. The summed E-state index contributed by atoms with van der Waals surface area (Å²) in [6.45, 7) is 3.84. The Bertz CT molecular complexity index is 343. The third-order valence-electron chi connectivity index (χ3n) is 3.11. The third-order valence-corrected chi connectivity index (χ3v) is 3.11. The molecule has 0 amide bonds. The number of ether oxygens (including phenoxy) is 1. The highest BCUT2D eigenvalue weighted by Crippen LogP contribution is 2.27. The van der Waals surface area contributed by atoms with Gasteiger partial charge in [-0.1, -0.05) is 0 Å². The standard InChI is InChI=1S/C10H16N4O/c1-2-8(15-7-1)10-13-12-9-3-4-11-5-6-14(9)10/h8,11H,1-7H2/t8-/m0/s1. The Morgan fingerprint density at radius 1 is 1.33 bits per heavy atom. The zero-order chi connectivity index (χ0) is 10.1. The summed E-state index contributed by atoms with van der Waals surface area (Å²) in [6, 6.07) is 0. The van der Waals surface area contributed by atoms with E-state index in [2.05, 4.69) is 20.1 Å². The van der Waals surface area contributed by atoms with E-state index in [1.54, 1.807) is 0 Å². The van der Waals surface area contributed by atoms with Crippen LogP contribution in [0.15, 0.2) is 0 Å². The van der Waals surface area contributed by atoms with Crippen molar-refractivity contribution in [3.63, 3.8) is 0 Å². The van der Waals surface area contributed by atoms with Gasteiger partial charge in [0.05, 0.1) is 0 Å². The van der Waals surface area contributed by atoms with Crippen molar-refractivity contribution in [3.8, 4) is 0 Å². The predicted octanol–water partition coefficient (Wildman–Crippen LogP) is 0.275. The number of hydrogen-bond acceptors (Lipinski definition) is 4. The molecule has 2 aliphatic heterocycles. The monoisotopic (exact) mass is 208 g/mol. The molecule has 1 atom stereocenters. The molecule has 5 nitrogen and oxygen atoms in total. The average Bonchev–Trinajstić information content (AvgIpc) is 2.83. The van der Waals surface area contributed by atoms with E-state index in [0.29, 0.717) is 0 Å². The van der Waals surface area contributed by atoms with Crippen LogP contribution in [0.2, 0.25) is 0 Å². The summed E-state index contributed by atoms with van der Waals surface area (Å²) in [5.41, 5.74) is 0. The Hall–Kier alpha value is -0.940. The number of rotatable bonds is 1. The van der Waals surface area contributed by atoms with Gasteiger partial charge in [-0.25, -0.2) is 0 Å². The van der Waals surface area contributed by atoms with E-state index < -0.39 is 0 Å². The molecule has 0 saturated carbocycles. The summed E-state index contributed by atoms with van der Waals surface area (Å²) >= 11 is 0. The van der Waals surface area contributed by atoms with E-state index in [1.165, 1.54) is 0 Å². The lowest BCUT2D eigenvalue weighted by molar-refractivity contribution is 0.101. The van der Waals surface area contributed by atoms with Gasteiger partial charge < -0.3 is 14.6 Å². The molecule has 1 saturated heterocycles. The maximum Gasteiger partial charge on any atom is 0.162 e. The van der Waals surface area contributed by atoms with Gasteiger partial charge in [-0.2, -0.15) is 0 Å². The van der Waals surface area contributed by atoms with Gasteiger partial charge in [-0.15, -0.1) is 10.2 Å². The van der Waals surface area contributed by atoms with Gasteiger partial charge >= 0.3 is 0 Å². The van der Waals surface area contributed by atoms with Gasteiger partial charge in [-0.05, 0) is 12.8 Å². The van der Waals surface area contributed by atoms with Crippen LogP contribution < -0.4 is 5.32 Å². The molecule has 0 aromatic carbocycles. The Labute approximate surface area is 88.8 Å². The molecule has 0 aliphatic carbocycles. The molecule has 0 bridgehead atoms. The molecule has 15 heavy (non-hydrogen) atoms. The number of nitrogens with one attached hydrogen (secondary N) is 1. The molecular weight excluding hydrogens is 192 g/mol. The maximum atomic E-state index is 5.66. The lowest BCUT2D eigenvalue weighted by Gasteiger charge is -2.11. The number of hydrogen-bond donors (Lipinski definition) is 1. The van der Waals surface area contributed by atoms with Gasteiger partial charge in [0.2, 0.25) is 0 Å². The first-order chi connectivity index (χ1) is 7.45. The largest absolute Gasteiger partial charge is 0.370 e. The van der Waals surface area contributed by atoms with E-state index >= 15 is 0 Å². The molecule has 2 aliphatic rings. The van der Waals surface area contributed by atoms with Crippen LogP contribution >= 0.6 is 0 Å². The summed E-state index contributed by atoms with van der Waals surface area (Å²) in [5, 5.41) is 11.9. The van der Waals surface area contributed by atoms with E-state index in [1.807, 2.05) is 0 Å². The fraction of sp³-hybridized carbons (Fsp3) is 0.800. The lowest BCUT2D eigenvalue weighted by atomic mass is 10.2. The van der Waals surface area contributed by atoms with Crippen molar-refractivity contribution in [3.05, 3.63) is 11.6 Å². The second kappa shape index (κ2) is 3.90. The van der Waals surface area contributed by atoms with Crippen molar-refractivity contribution in [2.45, 2.75) is 31.9 Å². The van der Waals surface area contributed by atoms with E-state index in [0.717, 1.165) is 57.2 Å². The van der Waals surface area contributed by atoms with Crippen LogP contribution in [-0.4, -0.2) is 34.5 Å². The summed E-state index contributed by atoms with van der Waals surface area (Å²) in [5.74, 6) is 2.14. The van der Waals surface area contributed by atoms with Crippen LogP contribution in [0.3, 0.4) is 0 Å². The number of aromatic nitrogens is 3. The number of fused-ring (bicyclic) bond motifs is 1. The molecular formula is C10H16N4O. The van der Waals surface area contributed by atoms with Crippen molar-refractivity contribution < 1.29 is 4.74 Å². The minimum atomic E-state index is 0.185. The van der Waals surface area contributed by atoms with Gasteiger partial charge in [0.15, 0.2) is 5.82 Å². The van der Waals surface area contributed by atoms with Crippen LogP contribution in [0.1, 0.15) is 30.6 Å². The Balaban J connectivity index is 1.91. The Kier molecular flexibility index (Phi) is 2.42. The van der Waals surface area contributed by atoms with Crippen molar-refractivity contribution in [2.24, 2.45) is 0 Å². The molecule has 3 heterocycles. The predicted molar refractivity (Wildman–Crippen MR) is 54.5 cm³/mol. The fourth-order valence-corrected chi connectivity index (χ4v) is 2.31. The highest BCUT2D eigenvalue weighted by atomic mass is 16.5. The zero-order valence-electron chi connectivity index (χ0n) is 8.78. The minimum absolute atomic E-state index is 0.185. The first kappa shape index (κ1) is 9.30. The number of nitrogens with zero attached hydrogens (tertiary/aromatic N) is 3. The topological polar surface area (TPSA) is 52.0 Å². The molecule has 1 fully saturated rings. The van der Waals surface area contributed by atoms with Crippen molar-refractivity contribution in [1.29, 1.82) is 0 Å². The van der Waals surface area contributed by atoms with Crippen LogP contribution in [0.5, 0.6) is 0 Å². The normalized spacial score (nSPS) is 26.3. The average molecular weight is 208 g/mol. The molecule has 0 radical (unpaired) electrons. The maximum absolute atomic E-state index is 5.66. The SMILES string of the molecule is C1CO[C@H](c2nnc3n2CCNCC3)C1. The smallest absolute Gasteiger partial charge is 0.162 e. The molecule has 82 valence electrons. The Morgan fingerprint density at radius 3 is 3.20 bits per heavy atom. The first-order valence-electron chi connectivity index (χ1n) is 5.69. The van der Waals surface area contributed by atoms with Crippen molar-refractivity contribution in [2.75, 3.05) is 19.7 Å². The summed E-state index contributed by atoms with van der Waals surface area (Å²) in [4.78, 5) is 0. The van der Waals surface area contributed by atoms with Gasteiger partial charge in [0.1, 0.15) is 11.9 Å². The summed E-state index contributed by atoms with van der Waals surface area (Å²) < 4.78 is 7.89. The fourth-order valence-electron chi connectivity index (χ4n) is 2.31. The summed E-state index contributed by atoms with van der Waals surface area (Å²) in [6.07, 6.45) is 3.39. The van der Waals surface area contributed by atoms with Gasteiger partial charge in [-0.3, -0.25) is 0 Å². The molecule has 1 N–H and O–H groups in total. The first-order valence-corrected chi connectivity index (χ1v) is 5.69. The molecule has 0 unspecified atom stereocenters. The summed E-state index contributed by atoms with van der Waals surface area (Å²) in [7, 11) is 0. The van der Waals surface area contributed by atoms with Crippen molar-refractivity contribution in [1.82, 2.24) is 20.1 Å². The quantitative estimate of drug-likeness (QED) is 0.720. The second-order valence-electron chi connectivity index (χ2n) is 4.13. The molecule has 5 heteroatoms. The van der Waals surface area contributed by atoms with Crippen LogP contribution in [0.4, 0.5) is 0 Å². The van der Waals surface area contributed by atoms with Crippen LogP contribution in [-0.2, 0) is 17.7 Å². The van der Waals surface area contributed by atoms with E-state index in [9.17, 15) is 0 Å². The molecule has 0 spiro atoms. The Morgan fingerprint density at radius 2 is 2.33 bits per heavy atom. The van der Waals surface area contributed by atoms with Gasteiger partial charge in [0.25, 0.3) is 0 Å². The lowest BCUT2D eigenvalue weighted by Crippen LogP contribution is -2.18. The minimum Gasteiger partial charge on any atom is -0.370 e. The van der Waals surface area contributed by atoms with E-state index in [4.69, 9.17) is 4.74 Å².